The van der Waals surface area contributed by atoms with Crippen LogP contribution in [0.25, 0.3) is 11.5 Å². The van der Waals surface area contributed by atoms with Crippen LogP contribution in [0.5, 0.6) is 0 Å². The maximum absolute atomic E-state index is 12.3. The van der Waals surface area contributed by atoms with E-state index in [4.69, 9.17) is 10.3 Å². The van der Waals surface area contributed by atoms with Crippen LogP contribution in [-0.2, 0) is 13.0 Å². The summed E-state index contributed by atoms with van der Waals surface area (Å²) in [5.74, 6) is 0.163. The molecule has 0 spiro atoms. The van der Waals surface area contributed by atoms with E-state index in [2.05, 4.69) is 15.1 Å². The smallest absolute Gasteiger partial charge is 0.370 e. The van der Waals surface area contributed by atoms with Crippen LogP contribution in [0.4, 0.5) is 13.2 Å². The molecule has 2 aromatic rings. The largest absolute Gasteiger partial charge is 0.396 e. The van der Waals surface area contributed by atoms with Crippen LogP contribution in [0.3, 0.4) is 0 Å². The number of nitrogens with zero attached hydrogens (tertiary/aromatic N) is 4. The molecule has 6 nitrogen and oxygen atoms in total. The number of rotatable bonds is 4. The summed E-state index contributed by atoms with van der Waals surface area (Å²) in [5.41, 5.74) is 7.27. The Kier molecular flexibility index (Phi) is 4.41. The van der Waals surface area contributed by atoms with E-state index in [1.165, 1.54) is 0 Å². The van der Waals surface area contributed by atoms with Gasteiger partial charge in [-0.3, -0.25) is 0 Å². The number of halogens is 3. The van der Waals surface area contributed by atoms with Crippen LogP contribution in [0, 0.1) is 0 Å². The van der Waals surface area contributed by atoms with Gasteiger partial charge in [-0.2, -0.15) is 18.2 Å². The predicted octanol–water partition coefficient (Wildman–Crippen LogP) is 2.36. The molecule has 0 saturated carbocycles. The highest BCUT2D eigenvalue weighted by Crippen LogP contribution is 2.23. The third-order valence-electron chi connectivity index (χ3n) is 3.60. The highest BCUT2D eigenvalue weighted by Gasteiger charge is 2.30. The minimum absolute atomic E-state index is 0.0517. The maximum atomic E-state index is 12.3. The van der Waals surface area contributed by atoms with Gasteiger partial charge in [-0.1, -0.05) is 17.3 Å². The molecule has 0 bridgehead atoms. The molecule has 1 fully saturated rings. The van der Waals surface area contributed by atoms with Crippen molar-refractivity contribution in [2.24, 2.45) is 10.7 Å². The first-order chi connectivity index (χ1) is 11.4. The van der Waals surface area contributed by atoms with Crippen molar-refractivity contribution in [3.63, 3.8) is 0 Å². The average Bonchev–Trinajstić information content (AvgIpc) is 2.90. The Morgan fingerprint density at radius 1 is 1.33 bits per heavy atom. The number of hydrogen-bond donors (Lipinski definition) is 1. The number of hydrogen-bond acceptors (Lipinski definition) is 4. The van der Waals surface area contributed by atoms with E-state index in [0.717, 1.165) is 25.1 Å². The topological polar surface area (TPSA) is 80.5 Å². The number of likely N-dealkylation sites (tertiary alicyclic amines) is 1. The van der Waals surface area contributed by atoms with E-state index in [-0.39, 0.29) is 11.7 Å². The summed E-state index contributed by atoms with van der Waals surface area (Å²) >= 11 is 0. The second-order valence-electron chi connectivity index (χ2n) is 5.52. The van der Waals surface area contributed by atoms with Gasteiger partial charge in [0.25, 0.3) is 5.89 Å². The molecule has 2 N–H and O–H groups in total. The van der Waals surface area contributed by atoms with Crippen molar-refractivity contribution in [2.75, 3.05) is 13.1 Å². The first-order valence-corrected chi connectivity index (χ1v) is 7.44. The zero-order valence-corrected chi connectivity index (χ0v) is 12.8. The number of benzene rings is 1. The highest BCUT2D eigenvalue weighted by atomic mass is 19.4. The van der Waals surface area contributed by atoms with Gasteiger partial charge in [0.15, 0.2) is 11.8 Å². The molecule has 0 unspecified atom stereocenters. The SMILES string of the molecule is NC(=NCc1cccc(-c2nc(CC(F)(F)F)no2)c1)N1CCC1. The molecule has 24 heavy (non-hydrogen) atoms. The van der Waals surface area contributed by atoms with Crippen molar-refractivity contribution in [3.8, 4) is 11.5 Å². The van der Waals surface area contributed by atoms with Gasteiger partial charge >= 0.3 is 6.18 Å². The van der Waals surface area contributed by atoms with Gasteiger partial charge < -0.3 is 15.2 Å². The second kappa shape index (κ2) is 6.50. The fraction of sp³-hybridized carbons (Fsp3) is 0.400. The third kappa shape index (κ3) is 4.03. The minimum atomic E-state index is -4.37. The quantitative estimate of drug-likeness (QED) is 0.683. The Labute approximate surface area is 136 Å². The normalized spacial score (nSPS) is 15.5. The molecule has 2 heterocycles. The lowest BCUT2D eigenvalue weighted by Gasteiger charge is -2.31. The monoisotopic (exact) mass is 339 g/mol. The number of aromatic nitrogens is 2. The van der Waals surface area contributed by atoms with Gasteiger partial charge in [0, 0.05) is 18.7 Å². The Morgan fingerprint density at radius 2 is 2.12 bits per heavy atom. The Bertz CT molecular complexity index is 737. The fourth-order valence-electron chi connectivity index (χ4n) is 2.24. The van der Waals surface area contributed by atoms with E-state index in [9.17, 15) is 13.2 Å². The lowest BCUT2D eigenvalue weighted by molar-refractivity contribution is -0.128. The van der Waals surface area contributed by atoms with Crippen LogP contribution in [0.1, 0.15) is 17.8 Å². The highest BCUT2D eigenvalue weighted by molar-refractivity contribution is 5.78. The molecule has 3 rings (SSSR count). The molecule has 1 aromatic carbocycles. The van der Waals surface area contributed by atoms with Crippen molar-refractivity contribution in [3.05, 3.63) is 35.7 Å². The number of nitrogens with two attached hydrogens (primary N) is 1. The standard InChI is InChI=1S/C15H16F3N5O/c16-15(17,18)8-12-21-13(24-22-12)11-4-1-3-10(7-11)9-20-14(19)23-5-2-6-23/h1,3-4,7H,2,5-6,8-9H2,(H2,19,20). The summed E-state index contributed by atoms with van der Waals surface area (Å²) in [7, 11) is 0. The summed E-state index contributed by atoms with van der Waals surface area (Å²) in [4.78, 5) is 10.1. The molecular formula is C15H16F3N5O. The van der Waals surface area contributed by atoms with Crippen LogP contribution < -0.4 is 5.73 Å². The van der Waals surface area contributed by atoms with Gasteiger partial charge in [0.1, 0.15) is 6.42 Å². The first-order valence-electron chi connectivity index (χ1n) is 7.44. The number of guanidine groups is 1. The van der Waals surface area contributed by atoms with Crippen LogP contribution >= 0.6 is 0 Å². The molecular weight excluding hydrogens is 323 g/mol. The minimum Gasteiger partial charge on any atom is -0.370 e. The molecule has 1 aromatic heterocycles. The third-order valence-corrected chi connectivity index (χ3v) is 3.60. The number of alkyl halides is 3. The van der Waals surface area contributed by atoms with E-state index >= 15 is 0 Å². The van der Waals surface area contributed by atoms with Gasteiger partial charge in [-0.05, 0) is 24.1 Å². The van der Waals surface area contributed by atoms with Crippen LogP contribution in [0.15, 0.2) is 33.8 Å². The van der Waals surface area contributed by atoms with Crippen LogP contribution in [0.2, 0.25) is 0 Å². The first kappa shape index (κ1) is 16.3. The molecule has 1 aliphatic rings. The molecule has 128 valence electrons. The van der Waals surface area contributed by atoms with E-state index in [1.807, 2.05) is 11.0 Å². The summed E-state index contributed by atoms with van der Waals surface area (Å²) in [6.45, 7) is 2.21. The predicted molar refractivity (Wildman–Crippen MR) is 81.0 cm³/mol. The summed E-state index contributed by atoms with van der Waals surface area (Å²) in [5, 5.41) is 3.36. The fourth-order valence-corrected chi connectivity index (χ4v) is 2.24. The van der Waals surface area contributed by atoms with Gasteiger partial charge in [0.2, 0.25) is 0 Å². The molecule has 0 aliphatic carbocycles. The lowest BCUT2D eigenvalue weighted by atomic mass is 10.1. The summed E-state index contributed by atoms with van der Waals surface area (Å²) < 4.78 is 41.9. The van der Waals surface area contributed by atoms with Crippen molar-refractivity contribution in [1.82, 2.24) is 15.0 Å². The van der Waals surface area contributed by atoms with Gasteiger partial charge in [0.05, 0.1) is 6.54 Å². The van der Waals surface area contributed by atoms with Crippen LogP contribution in [-0.4, -0.2) is 40.3 Å². The Morgan fingerprint density at radius 3 is 2.79 bits per heavy atom. The zero-order valence-electron chi connectivity index (χ0n) is 12.8. The number of aliphatic imine (C=N–C) groups is 1. The molecule has 9 heteroatoms. The molecule has 1 aliphatic heterocycles. The van der Waals surface area contributed by atoms with Gasteiger partial charge in [-0.25, -0.2) is 4.99 Å². The summed E-state index contributed by atoms with van der Waals surface area (Å²) in [6, 6.07) is 7.05. The van der Waals surface area contributed by atoms with Crippen molar-refractivity contribution in [1.29, 1.82) is 0 Å². The second-order valence-corrected chi connectivity index (χ2v) is 5.52. The maximum Gasteiger partial charge on any atom is 0.396 e. The molecule has 1 saturated heterocycles. The van der Waals surface area contributed by atoms with E-state index in [0.29, 0.717) is 18.1 Å². The van der Waals surface area contributed by atoms with E-state index < -0.39 is 12.6 Å². The average molecular weight is 339 g/mol. The Hall–Kier alpha value is -2.58. The molecule has 0 radical (unpaired) electrons. The van der Waals surface area contributed by atoms with Crippen molar-refractivity contribution >= 4 is 5.96 Å². The van der Waals surface area contributed by atoms with Crippen molar-refractivity contribution < 1.29 is 17.7 Å². The van der Waals surface area contributed by atoms with E-state index in [1.54, 1.807) is 18.2 Å². The van der Waals surface area contributed by atoms with Crippen molar-refractivity contribution in [2.45, 2.75) is 25.6 Å². The zero-order chi connectivity index (χ0) is 17.2. The molecule has 0 atom stereocenters. The lowest BCUT2D eigenvalue weighted by Crippen LogP contribution is -2.46. The summed E-state index contributed by atoms with van der Waals surface area (Å²) in [6.07, 6.45) is -4.47. The van der Waals surface area contributed by atoms with Gasteiger partial charge in [-0.15, -0.1) is 0 Å². The Balaban J connectivity index is 1.71. The molecule has 0 amide bonds.